The summed E-state index contributed by atoms with van der Waals surface area (Å²) in [6.45, 7) is 4.45. The van der Waals surface area contributed by atoms with Crippen molar-refractivity contribution in [2.45, 2.75) is 82.8 Å². The van der Waals surface area contributed by atoms with Gasteiger partial charge in [0.15, 0.2) is 0 Å². The molecule has 2 heteroatoms. The number of hydrogen-bond acceptors (Lipinski definition) is 2. The minimum Gasteiger partial charge on any atom is -0.372 e. The zero-order valence-electron chi connectivity index (χ0n) is 11.5. The first kappa shape index (κ1) is 13.4. The van der Waals surface area contributed by atoms with Crippen molar-refractivity contribution in [3.63, 3.8) is 0 Å². The maximum atomic E-state index is 6.38. The summed E-state index contributed by atoms with van der Waals surface area (Å²) in [5.74, 6) is 0. The Bertz CT molecular complexity index is 211. The summed E-state index contributed by atoms with van der Waals surface area (Å²) in [6.07, 6.45) is 14.0. The van der Waals surface area contributed by atoms with E-state index in [0.717, 1.165) is 6.54 Å². The Morgan fingerprint density at radius 1 is 1.12 bits per heavy atom. The van der Waals surface area contributed by atoms with E-state index in [4.69, 9.17) is 4.74 Å². The molecule has 2 nitrogen and oxygen atoms in total. The lowest BCUT2D eigenvalue weighted by Gasteiger charge is -2.33. The van der Waals surface area contributed by atoms with Crippen LogP contribution < -0.4 is 5.32 Å². The number of ether oxygens (including phenoxy) is 1. The fourth-order valence-corrected chi connectivity index (χ4v) is 3.46. The van der Waals surface area contributed by atoms with Crippen LogP contribution in [0, 0.1) is 0 Å². The van der Waals surface area contributed by atoms with Crippen LogP contribution in [0.3, 0.4) is 0 Å². The third-order valence-corrected chi connectivity index (χ3v) is 4.48. The van der Waals surface area contributed by atoms with Crippen LogP contribution in [0.15, 0.2) is 0 Å². The molecule has 1 saturated heterocycles. The van der Waals surface area contributed by atoms with E-state index in [2.05, 4.69) is 12.2 Å². The van der Waals surface area contributed by atoms with E-state index in [1.165, 1.54) is 70.8 Å². The van der Waals surface area contributed by atoms with Gasteiger partial charge in [-0.1, -0.05) is 26.2 Å². The highest BCUT2D eigenvalue weighted by atomic mass is 16.5. The summed E-state index contributed by atoms with van der Waals surface area (Å²) in [5.41, 5.74) is 0.324. The summed E-state index contributed by atoms with van der Waals surface area (Å²) < 4.78 is 6.38. The van der Waals surface area contributed by atoms with Gasteiger partial charge in [0.1, 0.15) is 0 Å². The molecule has 1 N–H and O–H groups in total. The molecule has 2 fully saturated rings. The molecule has 17 heavy (non-hydrogen) atoms. The van der Waals surface area contributed by atoms with Crippen LogP contribution in [0.1, 0.15) is 71.1 Å². The average Bonchev–Trinajstić information content (AvgIpc) is 2.73. The van der Waals surface area contributed by atoms with Crippen molar-refractivity contribution in [1.29, 1.82) is 0 Å². The van der Waals surface area contributed by atoms with Gasteiger partial charge in [0.25, 0.3) is 0 Å². The highest BCUT2D eigenvalue weighted by Crippen LogP contribution is 2.42. The minimum atomic E-state index is 0.324. The second kappa shape index (κ2) is 6.75. The topological polar surface area (TPSA) is 21.3 Å². The molecule has 0 bridgehead atoms. The van der Waals surface area contributed by atoms with Crippen molar-refractivity contribution in [3.05, 3.63) is 0 Å². The van der Waals surface area contributed by atoms with E-state index in [0.29, 0.717) is 11.7 Å². The zero-order chi connectivity index (χ0) is 12.0. The Morgan fingerprint density at radius 3 is 2.71 bits per heavy atom. The molecule has 0 aromatic rings. The minimum absolute atomic E-state index is 0.324. The number of rotatable bonds is 6. The first-order chi connectivity index (χ1) is 8.35. The van der Waals surface area contributed by atoms with Gasteiger partial charge < -0.3 is 10.1 Å². The van der Waals surface area contributed by atoms with Gasteiger partial charge in [-0.2, -0.15) is 0 Å². The van der Waals surface area contributed by atoms with Crippen molar-refractivity contribution >= 4 is 0 Å². The molecule has 1 heterocycles. The van der Waals surface area contributed by atoms with Crippen LogP contribution >= 0.6 is 0 Å². The van der Waals surface area contributed by atoms with Gasteiger partial charge in [0, 0.05) is 0 Å². The molecule has 1 saturated carbocycles. The summed E-state index contributed by atoms with van der Waals surface area (Å²) >= 11 is 0. The normalized spacial score (nSPS) is 27.7. The second-order valence-corrected chi connectivity index (χ2v) is 5.87. The first-order valence-corrected chi connectivity index (χ1v) is 7.73. The summed E-state index contributed by atoms with van der Waals surface area (Å²) in [7, 11) is 0. The predicted octanol–water partition coefficient (Wildman–Crippen LogP) is 3.65. The largest absolute Gasteiger partial charge is 0.372 e. The smallest absolute Gasteiger partial charge is 0.0687 e. The quantitative estimate of drug-likeness (QED) is 0.714. The van der Waals surface area contributed by atoms with Crippen LogP contribution in [0.2, 0.25) is 0 Å². The molecule has 0 aromatic heterocycles. The van der Waals surface area contributed by atoms with E-state index in [1.807, 2.05) is 0 Å². The maximum Gasteiger partial charge on any atom is 0.0687 e. The highest BCUT2D eigenvalue weighted by molar-refractivity contribution is 4.91. The van der Waals surface area contributed by atoms with Gasteiger partial charge in [0.05, 0.1) is 11.7 Å². The van der Waals surface area contributed by atoms with E-state index in [-0.39, 0.29) is 0 Å². The molecular weight excluding hydrogens is 210 g/mol. The predicted molar refractivity (Wildman–Crippen MR) is 72.3 cm³/mol. The van der Waals surface area contributed by atoms with Crippen molar-refractivity contribution in [2.75, 3.05) is 13.1 Å². The third kappa shape index (κ3) is 3.96. The Labute approximate surface area is 107 Å². The van der Waals surface area contributed by atoms with Gasteiger partial charge in [-0.15, -0.1) is 0 Å². The lowest BCUT2D eigenvalue weighted by molar-refractivity contribution is -0.0660. The van der Waals surface area contributed by atoms with Crippen molar-refractivity contribution in [3.8, 4) is 0 Å². The summed E-state index contributed by atoms with van der Waals surface area (Å²) in [5, 5.41) is 3.39. The molecule has 0 radical (unpaired) electrons. The van der Waals surface area contributed by atoms with Crippen molar-refractivity contribution < 1.29 is 4.74 Å². The van der Waals surface area contributed by atoms with Crippen LogP contribution in [-0.2, 0) is 4.74 Å². The molecule has 2 aliphatic rings. The summed E-state index contributed by atoms with van der Waals surface area (Å²) in [4.78, 5) is 0. The lowest BCUT2D eigenvalue weighted by atomic mass is 9.83. The highest BCUT2D eigenvalue weighted by Gasteiger charge is 2.40. The number of hydrogen-bond donors (Lipinski definition) is 1. The maximum absolute atomic E-state index is 6.38. The molecule has 0 aromatic carbocycles. The molecular formula is C15H29NO. The molecule has 1 aliphatic heterocycles. The van der Waals surface area contributed by atoms with Crippen LogP contribution in [0.25, 0.3) is 0 Å². The Hall–Kier alpha value is -0.0800. The first-order valence-electron chi connectivity index (χ1n) is 7.73. The van der Waals surface area contributed by atoms with Gasteiger partial charge in [0.2, 0.25) is 0 Å². The number of unbranched alkanes of at least 4 members (excludes halogenated alkanes) is 1. The Morgan fingerprint density at radius 2 is 1.94 bits per heavy atom. The van der Waals surface area contributed by atoms with Crippen LogP contribution in [-0.4, -0.2) is 24.8 Å². The fraction of sp³-hybridized carbons (Fsp3) is 1.00. The van der Waals surface area contributed by atoms with Gasteiger partial charge in [-0.25, -0.2) is 0 Å². The third-order valence-electron chi connectivity index (χ3n) is 4.48. The Balaban J connectivity index is 1.60. The zero-order valence-corrected chi connectivity index (χ0v) is 11.5. The molecule has 1 aliphatic carbocycles. The van der Waals surface area contributed by atoms with E-state index in [1.54, 1.807) is 0 Å². The molecule has 1 spiro atoms. The molecule has 2 rings (SSSR count). The van der Waals surface area contributed by atoms with Gasteiger partial charge >= 0.3 is 0 Å². The molecule has 1 unspecified atom stereocenters. The molecule has 100 valence electrons. The second-order valence-electron chi connectivity index (χ2n) is 5.87. The Kier molecular flexibility index (Phi) is 5.30. The lowest BCUT2D eigenvalue weighted by Crippen LogP contribution is -2.31. The monoisotopic (exact) mass is 239 g/mol. The summed E-state index contributed by atoms with van der Waals surface area (Å²) in [6, 6.07) is 0. The number of nitrogens with one attached hydrogen (secondary N) is 1. The van der Waals surface area contributed by atoms with E-state index >= 15 is 0 Å². The van der Waals surface area contributed by atoms with Crippen LogP contribution in [0.4, 0.5) is 0 Å². The fourth-order valence-electron chi connectivity index (χ4n) is 3.46. The van der Waals surface area contributed by atoms with Crippen molar-refractivity contribution in [2.24, 2.45) is 0 Å². The van der Waals surface area contributed by atoms with E-state index < -0.39 is 0 Å². The molecule has 1 atom stereocenters. The SMILES string of the molecule is CCNCCCCC1CCC2(CCCCC2)O1. The average molecular weight is 239 g/mol. The van der Waals surface area contributed by atoms with Gasteiger partial charge in [-0.05, 0) is 58.0 Å². The van der Waals surface area contributed by atoms with Gasteiger partial charge in [-0.3, -0.25) is 0 Å². The van der Waals surface area contributed by atoms with E-state index in [9.17, 15) is 0 Å². The standard InChI is InChI=1S/C15H29NO/c1-2-16-13-7-4-8-14-9-12-15(17-14)10-5-3-6-11-15/h14,16H,2-13H2,1H3. The van der Waals surface area contributed by atoms with Crippen LogP contribution in [0.5, 0.6) is 0 Å². The van der Waals surface area contributed by atoms with Crippen molar-refractivity contribution in [1.82, 2.24) is 5.32 Å². The molecule has 0 amide bonds.